The van der Waals surface area contributed by atoms with Gasteiger partial charge in [-0.05, 0) is 55.3 Å². The van der Waals surface area contributed by atoms with Gasteiger partial charge in [-0.2, -0.15) is 0 Å². The number of hydrogen-bond donors (Lipinski definition) is 0. The van der Waals surface area contributed by atoms with E-state index in [4.69, 9.17) is 9.47 Å². The number of ether oxygens (including phenoxy) is 2. The van der Waals surface area contributed by atoms with Gasteiger partial charge in [-0.15, -0.1) is 0 Å². The Bertz CT molecular complexity index is 1320. The summed E-state index contributed by atoms with van der Waals surface area (Å²) in [6, 6.07) is 10.3. The molecular formula is C23H21N3O4S. The number of carbonyl (C=O) groups is 1. The Balaban J connectivity index is 1.95. The molecule has 0 amide bonds. The predicted octanol–water partition coefficient (Wildman–Crippen LogP) is 2.20. The van der Waals surface area contributed by atoms with Crippen molar-refractivity contribution in [2.75, 3.05) is 13.7 Å². The molecule has 3 aromatic rings. The van der Waals surface area contributed by atoms with Crippen LogP contribution in [0, 0.1) is 0 Å². The minimum absolute atomic E-state index is 0.212. The third-order valence-corrected chi connectivity index (χ3v) is 5.94. The number of nitrogens with zero attached hydrogens (tertiary/aromatic N) is 3. The number of esters is 1. The molecular weight excluding hydrogens is 414 g/mol. The van der Waals surface area contributed by atoms with Crippen LogP contribution in [0.1, 0.15) is 31.0 Å². The molecule has 158 valence electrons. The van der Waals surface area contributed by atoms with Gasteiger partial charge in [0.25, 0.3) is 5.56 Å². The van der Waals surface area contributed by atoms with Crippen LogP contribution < -0.4 is 19.6 Å². The van der Waals surface area contributed by atoms with Gasteiger partial charge in [0.15, 0.2) is 4.80 Å². The van der Waals surface area contributed by atoms with E-state index in [9.17, 15) is 9.59 Å². The summed E-state index contributed by atoms with van der Waals surface area (Å²) in [5, 5.41) is 0. The average Bonchev–Trinajstić information content (AvgIpc) is 3.08. The Morgan fingerprint density at radius 3 is 2.55 bits per heavy atom. The highest BCUT2D eigenvalue weighted by molar-refractivity contribution is 7.07. The van der Waals surface area contributed by atoms with Crippen molar-refractivity contribution in [2.24, 2.45) is 4.99 Å². The van der Waals surface area contributed by atoms with E-state index in [1.54, 1.807) is 56.1 Å². The van der Waals surface area contributed by atoms with E-state index in [2.05, 4.69) is 9.98 Å². The summed E-state index contributed by atoms with van der Waals surface area (Å²) in [6.07, 6.45) is 5.15. The summed E-state index contributed by atoms with van der Waals surface area (Å²) in [6.45, 7) is 3.75. The SMILES string of the molecule is CCOC(=O)C1=C(C)N=c2sc(=Cc3ccncc3)c(=O)n2C1c1ccc(OC)cc1. The molecule has 0 fully saturated rings. The summed E-state index contributed by atoms with van der Waals surface area (Å²) in [5.41, 5.74) is 2.32. The highest BCUT2D eigenvalue weighted by Gasteiger charge is 2.33. The van der Waals surface area contributed by atoms with Gasteiger partial charge in [0, 0.05) is 12.4 Å². The quantitative estimate of drug-likeness (QED) is 0.574. The van der Waals surface area contributed by atoms with Crippen molar-refractivity contribution in [3.05, 3.63) is 90.9 Å². The standard InChI is InChI=1S/C23H21N3O4S/c1-4-30-22(28)19-14(2)25-23-26(20(19)16-5-7-17(29-3)8-6-16)21(27)18(31-23)13-15-9-11-24-12-10-15/h5-13,20H,4H2,1-3H3. The summed E-state index contributed by atoms with van der Waals surface area (Å²) in [4.78, 5) is 35.4. The van der Waals surface area contributed by atoms with Crippen molar-refractivity contribution in [3.63, 3.8) is 0 Å². The topological polar surface area (TPSA) is 82.8 Å². The number of carbonyl (C=O) groups excluding carboxylic acids is 1. The zero-order valence-electron chi connectivity index (χ0n) is 17.4. The number of benzene rings is 1. The van der Waals surface area contributed by atoms with Crippen LogP contribution in [0.3, 0.4) is 0 Å². The summed E-state index contributed by atoms with van der Waals surface area (Å²) >= 11 is 1.29. The van der Waals surface area contributed by atoms with Crippen molar-refractivity contribution >= 4 is 23.4 Å². The zero-order chi connectivity index (χ0) is 22.0. The number of thiazole rings is 1. The van der Waals surface area contributed by atoms with Gasteiger partial charge >= 0.3 is 5.97 Å². The van der Waals surface area contributed by atoms with Crippen molar-refractivity contribution in [2.45, 2.75) is 19.9 Å². The molecule has 0 saturated carbocycles. The first-order chi connectivity index (χ1) is 15.0. The number of fused-ring (bicyclic) bond motifs is 1. The molecule has 1 aliphatic rings. The Morgan fingerprint density at radius 1 is 1.19 bits per heavy atom. The van der Waals surface area contributed by atoms with Gasteiger partial charge < -0.3 is 9.47 Å². The first-order valence-corrected chi connectivity index (χ1v) is 10.6. The fraction of sp³-hybridized carbons (Fsp3) is 0.217. The van der Waals surface area contributed by atoms with E-state index < -0.39 is 12.0 Å². The van der Waals surface area contributed by atoms with Gasteiger partial charge in [-0.3, -0.25) is 14.3 Å². The molecule has 0 saturated heterocycles. The summed E-state index contributed by atoms with van der Waals surface area (Å²) < 4.78 is 12.7. The second-order valence-corrected chi connectivity index (χ2v) is 7.87. The van der Waals surface area contributed by atoms with Gasteiger partial charge in [-0.1, -0.05) is 23.5 Å². The van der Waals surface area contributed by atoms with E-state index in [1.165, 1.54) is 11.3 Å². The molecule has 3 heterocycles. The number of aromatic nitrogens is 2. The molecule has 0 radical (unpaired) electrons. The van der Waals surface area contributed by atoms with E-state index in [0.717, 1.165) is 11.1 Å². The van der Waals surface area contributed by atoms with Gasteiger partial charge in [-0.25, -0.2) is 9.79 Å². The number of allylic oxidation sites excluding steroid dienone is 1. The molecule has 1 aliphatic heterocycles. The van der Waals surface area contributed by atoms with Crippen LogP contribution in [0.5, 0.6) is 5.75 Å². The monoisotopic (exact) mass is 435 g/mol. The molecule has 4 rings (SSSR count). The van der Waals surface area contributed by atoms with Crippen molar-refractivity contribution in [1.29, 1.82) is 0 Å². The number of hydrogen-bond acceptors (Lipinski definition) is 7. The Hall–Kier alpha value is -3.52. The number of rotatable bonds is 5. The molecule has 0 spiro atoms. The Labute approximate surface area is 182 Å². The first-order valence-electron chi connectivity index (χ1n) is 9.77. The molecule has 0 bridgehead atoms. The maximum atomic E-state index is 13.4. The van der Waals surface area contributed by atoms with Crippen LogP contribution >= 0.6 is 11.3 Å². The lowest BCUT2D eigenvalue weighted by atomic mass is 9.96. The average molecular weight is 436 g/mol. The van der Waals surface area contributed by atoms with Crippen LogP contribution in [0.25, 0.3) is 6.08 Å². The van der Waals surface area contributed by atoms with Gasteiger partial charge in [0.2, 0.25) is 0 Å². The predicted molar refractivity (Wildman–Crippen MR) is 118 cm³/mol. The highest BCUT2D eigenvalue weighted by atomic mass is 32.1. The van der Waals surface area contributed by atoms with Gasteiger partial charge in [0.1, 0.15) is 5.75 Å². The van der Waals surface area contributed by atoms with E-state index in [1.807, 2.05) is 24.3 Å². The molecule has 2 aromatic heterocycles. The number of pyridine rings is 1. The molecule has 1 aromatic carbocycles. The van der Waals surface area contributed by atoms with Crippen LogP contribution in [0.2, 0.25) is 0 Å². The first kappa shape index (κ1) is 20.7. The molecule has 1 atom stereocenters. The lowest BCUT2D eigenvalue weighted by molar-refractivity contribution is -0.139. The van der Waals surface area contributed by atoms with Gasteiger partial charge in [0.05, 0.1) is 35.6 Å². The minimum atomic E-state index is -0.638. The lowest BCUT2D eigenvalue weighted by Gasteiger charge is -2.24. The van der Waals surface area contributed by atoms with E-state index >= 15 is 0 Å². The lowest BCUT2D eigenvalue weighted by Crippen LogP contribution is -2.39. The minimum Gasteiger partial charge on any atom is -0.497 e. The molecule has 8 heteroatoms. The van der Waals surface area contributed by atoms with Crippen LogP contribution in [0.4, 0.5) is 0 Å². The molecule has 1 unspecified atom stereocenters. The maximum absolute atomic E-state index is 13.4. The fourth-order valence-corrected chi connectivity index (χ4v) is 4.55. The van der Waals surface area contributed by atoms with E-state index in [0.29, 0.717) is 26.4 Å². The Morgan fingerprint density at radius 2 is 1.90 bits per heavy atom. The van der Waals surface area contributed by atoms with Crippen LogP contribution in [-0.4, -0.2) is 29.2 Å². The second kappa shape index (κ2) is 8.69. The summed E-state index contributed by atoms with van der Waals surface area (Å²) in [7, 11) is 1.59. The zero-order valence-corrected chi connectivity index (χ0v) is 18.2. The largest absolute Gasteiger partial charge is 0.497 e. The summed E-state index contributed by atoms with van der Waals surface area (Å²) in [5.74, 6) is 0.209. The number of methoxy groups -OCH3 is 1. The van der Waals surface area contributed by atoms with Crippen molar-refractivity contribution < 1.29 is 14.3 Å². The second-order valence-electron chi connectivity index (χ2n) is 6.86. The molecule has 0 N–H and O–H groups in total. The third-order valence-electron chi connectivity index (χ3n) is 4.95. The van der Waals surface area contributed by atoms with E-state index in [-0.39, 0.29) is 12.2 Å². The normalized spacial score (nSPS) is 16.0. The van der Waals surface area contributed by atoms with Crippen LogP contribution in [0.15, 0.2) is 69.8 Å². The smallest absolute Gasteiger partial charge is 0.338 e. The van der Waals surface area contributed by atoms with Crippen molar-refractivity contribution in [1.82, 2.24) is 9.55 Å². The van der Waals surface area contributed by atoms with Crippen molar-refractivity contribution in [3.8, 4) is 5.75 Å². The Kier molecular flexibility index (Phi) is 5.81. The fourth-order valence-electron chi connectivity index (χ4n) is 3.50. The third kappa shape index (κ3) is 3.94. The molecule has 0 aliphatic carbocycles. The highest BCUT2D eigenvalue weighted by Crippen LogP contribution is 2.31. The molecule has 31 heavy (non-hydrogen) atoms. The molecule has 7 nitrogen and oxygen atoms in total. The maximum Gasteiger partial charge on any atom is 0.338 e. The van der Waals surface area contributed by atoms with Crippen LogP contribution in [-0.2, 0) is 9.53 Å².